The van der Waals surface area contributed by atoms with E-state index >= 15 is 0 Å². The second-order valence-electron chi connectivity index (χ2n) is 11.1. The molecular weight excluding hydrogens is 538 g/mol. The molecule has 0 N–H and O–H groups in total. The maximum absolute atomic E-state index is 13.5. The number of ether oxygens (including phenoxy) is 3. The monoisotopic (exact) mass is 575 g/mol. The lowest BCUT2D eigenvalue weighted by molar-refractivity contribution is 0.0705. The first kappa shape index (κ1) is 27.6. The van der Waals surface area contributed by atoms with Crippen LogP contribution in [0.4, 0.5) is 10.5 Å². The third kappa shape index (κ3) is 6.21. The molecule has 0 saturated carbocycles. The van der Waals surface area contributed by atoms with Crippen molar-refractivity contribution in [1.82, 2.24) is 9.80 Å². The van der Waals surface area contributed by atoms with Gasteiger partial charge in [0, 0.05) is 37.3 Å². The van der Waals surface area contributed by atoms with Crippen molar-refractivity contribution >= 4 is 29.0 Å². The maximum Gasteiger partial charge on any atom is 0.414 e. The fourth-order valence-electron chi connectivity index (χ4n) is 6.12. The SMILES string of the molecule is COc1cc(OCC2CCN(Cc3ccsc3)CC2)ccc1C(=O)N1CCC(N2C(=O)OCc3ccccc32)CC1. The van der Waals surface area contributed by atoms with Crippen LogP contribution in [0, 0.1) is 5.92 Å². The molecule has 216 valence electrons. The van der Waals surface area contributed by atoms with Crippen molar-refractivity contribution in [1.29, 1.82) is 0 Å². The fourth-order valence-corrected chi connectivity index (χ4v) is 6.78. The normalized spacial score (nSPS) is 18.6. The van der Waals surface area contributed by atoms with Crippen LogP contribution in [0.1, 0.15) is 47.2 Å². The van der Waals surface area contributed by atoms with Crippen molar-refractivity contribution < 1.29 is 23.8 Å². The molecule has 0 unspecified atom stereocenters. The Morgan fingerprint density at radius 1 is 1.02 bits per heavy atom. The van der Waals surface area contributed by atoms with Crippen LogP contribution in [0.25, 0.3) is 0 Å². The van der Waals surface area contributed by atoms with Crippen LogP contribution in [-0.2, 0) is 17.9 Å². The second kappa shape index (κ2) is 12.5. The average Bonchev–Trinajstić information content (AvgIpc) is 3.53. The molecule has 2 fully saturated rings. The summed E-state index contributed by atoms with van der Waals surface area (Å²) in [7, 11) is 1.59. The molecule has 9 heteroatoms. The van der Waals surface area contributed by atoms with E-state index in [1.165, 1.54) is 5.56 Å². The van der Waals surface area contributed by atoms with Gasteiger partial charge in [-0.15, -0.1) is 0 Å². The Bertz CT molecular complexity index is 1350. The lowest BCUT2D eigenvalue weighted by atomic mass is 9.97. The van der Waals surface area contributed by atoms with Crippen LogP contribution >= 0.6 is 11.3 Å². The van der Waals surface area contributed by atoms with Gasteiger partial charge in [-0.25, -0.2) is 4.79 Å². The molecule has 1 aromatic heterocycles. The van der Waals surface area contributed by atoms with E-state index in [0.717, 1.165) is 49.5 Å². The van der Waals surface area contributed by atoms with Gasteiger partial charge in [-0.1, -0.05) is 18.2 Å². The number of amides is 2. The number of para-hydroxylation sites is 1. The molecule has 0 spiro atoms. The smallest absolute Gasteiger partial charge is 0.414 e. The number of hydrogen-bond donors (Lipinski definition) is 0. The number of piperidine rings is 2. The van der Waals surface area contributed by atoms with Gasteiger partial charge in [-0.3, -0.25) is 14.6 Å². The summed E-state index contributed by atoms with van der Waals surface area (Å²) in [4.78, 5) is 32.2. The number of thiophene rings is 1. The van der Waals surface area contributed by atoms with Crippen LogP contribution in [0.2, 0.25) is 0 Å². The Morgan fingerprint density at radius 2 is 1.83 bits per heavy atom. The third-order valence-corrected chi connectivity index (χ3v) is 9.23. The van der Waals surface area contributed by atoms with E-state index < -0.39 is 0 Å². The molecule has 2 amide bonds. The number of hydrogen-bond acceptors (Lipinski definition) is 7. The van der Waals surface area contributed by atoms with Crippen molar-refractivity contribution in [2.45, 2.75) is 44.9 Å². The molecule has 8 nitrogen and oxygen atoms in total. The number of fused-ring (bicyclic) bond motifs is 1. The molecule has 0 aliphatic carbocycles. The Morgan fingerprint density at radius 3 is 2.59 bits per heavy atom. The molecule has 41 heavy (non-hydrogen) atoms. The highest BCUT2D eigenvalue weighted by Crippen LogP contribution is 2.33. The van der Waals surface area contributed by atoms with Gasteiger partial charge in [0.05, 0.1) is 25.0 Å². The van der Waals surface area contributed by atoms with Gasteiger partial charge in [0.1, 0.15) is 18.1 Å². The Kier molecular flexibility index (Phi) is 8.43. The van der Waals surface area contributed by atoms with Gasteiger partial charge < -0.3 is 19.1 Å². The minimum absolute atomic E-state index is 0.00632. The summed E-state index contributed by atoms with van der Waals surface area (Å²) in [5.74, 6) is 1.70. The number of anilines is 1. The molecule has 0 bridgehead atoms. The zero-order valence-corrected chi connectivity index (χ0v) is 24.3. The highest BCUT2D eigenvalue weighted by molar-refractivity contribution is 7.07. The topological polar surface area (TPSA) is 71.6 Å². The third-order valence-electron chi connectivity index (χ3n) is 8.50. The Balaban J connectivity index is 1.02. The van der Waals surface area contributed by atoms with Gasteiger partial charge in [0.25, 0.3) is 5.91 Å². The van der Waals surface area contributed by atoms with Crippen molar-refractivity contribution in [2.24, 2.45) is 5.92 Å². The van der Waals surface area contributed by atoms with Gasteiger partial charge in [0.15, 0.2) is 0 Å². The van der Waals surface area contributed by atoms with E-state index in [-0.39, 0.29) is 18.0 Å². The van der Waals surface area contributed by atoms with Crippen molar-refractivity contribution in [2.75, 3.05) is 44.8 Å². The number of nitrogens with zero attached hydrogens (tertiary/aromatic N) is 3. The summed E-state index contributed by atoms with van der Waals surface area (Å²) >= 11 is 1.75. The largest absolute Gasteiger partial charge is 0.496 e. The zero-order valence-electron chi connectivity index (χ0n) is 23.5. The van der Waals surface area contributed by atoms with E-state index in [2.05, 4.69) is 21.7 Å². The van der Waals surface area contributed by atoms with Crippen LogP contribution < -0.4 is 14.4 Å². The van der Waals surface area contributed by atoms with E-state index in [0.29, 0.717) is 56.4 Å². The molecular formula is C32H37N3O5S. The van der Waals surface area contributed by atoms with Crippen LogP contribution in [0.3, 0.4) is 0 Å². The molecule has 4 heterocycles. The number of likely N-dealkylation sites (tertiary alicyclic amines) is 2. The van der Waals surface area contributed by atoms with Gasteiger partial charge in [-0.2, -0.15) is 11.3 Å². The number of carbonyl (C=O) groups excluding carboxylic acids is 2. The van der Waals surface area contributed by atoms with E-state index in [1.54, 1.807) is 23.3 Å². The Labute approximate surface area is 245 Å². The summed E-state index contributed by atoms with van der Waals surface area (Å²) in [5.41, 5.74) is 3.85. The first-order valence-electron chi connectivity index (χ1n) is 14.5. The van der Waals surface area contributed by atoms with Gasteiger partial charge >= 0.3 is 6.09 Å². The molecule has 3 aromatic rings. The minimum atomic E-state index is -0.311. The standard InChI is InChI=1S/C32H37N3O5S/c1-38-30-18-27(39-20-23-8-13-33(14-9-23)19-24-12-17-41-22-24)6-7-28(30)31(36)34-15-10-26(11-16-34)35-29-5-3-2-4-25(29)21-40-32(35)37/h2-7,12,17-18,22-23,26H,8-11,13-16,19-21H2,1H3. The first-order chi connectivity index (χ1) is 20.1. The summed E-state index contributed by atoms with van der Waals surface area (Å²) in [6, 6.07) is 15.6. The van der Waals surface area contributed by atoms with E-state index in [4.69, 9.17) is 14.2 Å². The highest BCUT2D eigenvalue weighted by Gasteiger charge is 2.35. The molecule has 3 aliphatic heterocycles. The van der Waals surface area contributed by atoms with Crippen molar-refractivity contribution in [3.05, 3.63) is 76.0 Å². The molecule has 0 radical (unpaired) electrons. The number of benzene rings is 2. The predicted molar refractivity (Wildman–Crippen MR) is 159 cm³/mol. The summed E-state index contributed by atoms with van der Waals surface area (Å²) in [5, 5.41) is 4.37. The van der Waals surface area contributed by atoms with Crippen LogP contribution in [0.15, 0.2) is 59.3 Å². The second-order valence-corrected chi connectivity index (χ2v) is 11.9. The average molecular weight is 576 g/mol. The lowest BCUT2D eigenvalue weighted by Gasteiger charge is -2.40. The number of carbonyl (C=O) groups is 2. The van der Waals surface area contributed by atoms with Gasteiger partial charge in [0.2, 0.25) is 0 Å². The lowest BCUT2D eigenvalue weighted by Crippen LogP contribution is -2.50. The molecule has 6 rings (SSSR count). The van der Waals surface area contributed by atoms with Crippen molar-refractivity contribution in [3.8, 4) is 11.5 Å². The highest BCUT2D eigenvalue weighted by atomic mass is 32.1. The number of cyclic esters (lactones) is 1. The maximum atomic E-state index is 13.5. The van der Waals surface area contributed by atoms with Crippen LogP contribution in [-0.4, -0.2) is 67.7 Å². The van der Waals surface area contributed by atoms with Gasteiger partial charge in [-0.05, 0) is 85.3 Å². The Hall–Kier alpha value is -3.56. The van der Waals surface area contributed by atoms with Crippen molar-refractivity contribution in [3.63, 3.8) is 0 Å². The minimum Gasteiger partial charge on any atom is -0.496 e. The molecule has 0 atom stereocenters. The van der Waals surface area contributed by atoms with E-state index in [1.807, 2.05) is 47.4 Å². The molecule has 3 aliphatic rings. The van der Waals surface area contributed by atoms with Crippen LogP contribution in [0.5, 0.6) is 11.5 Å². The molecule has 2 saturated heterocycles. The fraction of sp³-hybridized carbons (Fsp3) is 0.438. The first-order valence-corrected chi connectivity index (χ1v) is 15.4. The quantitative estimate of drug-likeness (QED) is 0.338. The number of methoxy groups -OCH3 is 1. The summed E-state index contributed by atoms with van der Waals surface area (Å²) in [6.45, 7) is 5.28. The number of rotatable bonds is 8. The zero-order chi connectivity index (χ0) is 28.2. The predicted octanol–water partition coefficient (Wildman–Crippen LogP) is 5.81. The summed E-state index contributed by atoms with van der Waals surface area (Å²) in [6.07, 6.45) is 3.30. The summed E-state index contributed by atoms with van der Waals surface area (Å²) < 4.78 is 17.2. The van der Waals surface area contributed by atoms with E-state index in [9.17, 15) is 9.59 Å². The molecule has 2 aromatic carbocycles.